The van der Waals surface area contributed by atoms with Gasteiger partial charge in [0.05, 0.1) is 19.5 Å². The van der Waals surface area contributed by atoms with Gasteiger partial charge >= 0.3 is 21.3 Å². The van der Waals surface area contributed by atoms with E-state index in [0.29, 0.717) is 0 Å². The number of aliphatic hydroxyl groups excluding tert-OH is 4. The van der Waals surface area contributed by atoms with Gasteiger partial charge in [-0.3, -0.25) is 28.0 Å². The topological polar surface area (TPSA) is 383 Å². The second-order valence-corrected chi connectivity index (χ2v) is 12.0. The van der Waals surface area contributed by atoms with Crippen LogP contribution in [0.25, 0.3) is 11.2 Å². The maximum absolute atomic E-state index is 11.7. The molecule has 0 radical (unpaired) electrons. The van der Waals surface area contributed by atoms with Crippen LogP contribution in [0.5, 0.6) is 0 Å². The number of aromatic amines is 1. The van der Waals surface area contributed by atoms with Crippen molar-refractivity contribution in [3.63, 3.8) is 0 Å². The summed E-state index contributed by atoms with van der Waals surface area (Å²) in [6.07, 6.45) is -8.49. The molecule has 0 unspecified atom stereocenters. The summed E-state index contributed by atoms with van der Waals surface area (Å²) in [5.74, 6) is -0.200. The standard InChI is InChI=1S/C10H14N5O8P.C9H14N3O8P/c11-10-13-7-4(8(18)14-10)12-2-15(7)9-6(17)5(16)3(23-9)1-22-24(19,20)21;10-5-1-2-12(9(15)11-5)8-7(14)6(13)4(20-8)3-19-21(16,17)18/h2-3,5-6,9,16-17H,1H2,(H2,19,20,21)(H3,11,13,14,18);1-2,4,6-8,13-14H,3H2,(H2,10,11,15)(H2,16,17,18)/t3-,5-,6-,9-;4-,6-,7-,8-/m11/s1. The molecule has 0 amide bonds. The van der Waals surface area contributed by atoms with Crippen molar-refractivity contribution in [1.82, 2.24) is 29.1 Å². The van der Waals surface area contributed by atoms with Gasteiger partial charge in [-0.15, -0.1) is 0 Å². The molecule has 0 spiro atoms. The Morgan fingerprint density at radius 3 is 1.84 bits per heavy atom. The van der Waals surface area contributed by atoms with Gasteiger partial charge in [0.15, 0.2) is 23.6 Å². The number of hydrogen-bond acceptors (Lipinski definition) is 17. The molecule has 8 atom stereocenters. The highest BCUT2D eigenvalue weighted by atomic mass is 31.2. The number of rotatable bonds is 8. The zero-order chi connectivity index (χ0) is 33.4. The molecule has 3 aromatic rings. The molecule has 2 saturated heterocycles. The summed E-state index contributed by atoms with van der Waals surface area (Å²) in [7, 11) is -9.51. The summed E-state index contributed by atoms with van der Waals surface area (Å²) in [5.41, 5.74) is 9.37. The summed E-state index contributed by atoms with van der Waals surface area (Å²) in [6, 6.07) is 1.29. The van der Waals surface area contributed by atoms with E-state index in [1.165, 1.54) is 23.2 Å². The molecule has 0 saturated carbocycles. The monoisotopic (exact) mass is 686 g/mol. The van der Waals surface area contributed by atoms with Crippen molar-refractivity contribution in [1.29, 1.82) is 0 Å². The largest absolute Gasteiger partial charge is 0.469 e. The first-order chi connectivity index (χ1) is 20.9. The molecule has 3 aromatic heterocycles. The average Bonchev–Trinajstić information content (AvgIpc) is 3.56. The lowest BCUT2D eigenvalue weighted by atomic mass is 10.1. The lowest BCUT2D eigenvalue weighted by Crippen LogP contribution is -2.36. The van der Waals surface area contributed by atoms with E-state index >= 15 is 0 Å². The fourth-order valence-electron chi connectivity index (χ4n) is 4.28. The molecular formula is C19H28N8O16P2. The van der Waals surface area contributed by atoms with Gasteiger partial charge in [-0.2, -0.15) is 9.97 Å². The highest BCUT2D eigenvalue weighted by molar-refractivity contribution is 7.46. The number of hydrogen-bond donors (Lipinski definition) is 11. The number of nitrogens with one attached hydrogen (secondary N) is 1. The first kappa shape index (κ1) is 34.7. The summed E-state index contributed by atoms with van der Waals surface area (Å²) in [6.45, 7) is -1.31. The molecule has 5 rings (SSSR count). The fourth-order valence-corrected chi connectivity index (χ4v) is 4.97. The molecule has 24 nitrogen and oxygen atoms in total. The van der Waals surface area contributed by atoms with Crippen LogP contribution in [0.1, 0.15) is 12.5 Å². The van der Waals surface area contributed by atoms with Gasteiger partial charge in [-0.1, -0.05) is 0 Å². The van der Waals surface area contributed by atoms with E-state index in [4.69, 9.17) is 40.5 Å². The Balaban J connectivity index is 0.000000207. The number of nitrogens with zero attached hydrogens (tertiary/aromatic N) is 5. The predicted octanol–water partition coefficient (Wildman–Crippen LogP) is -5.02. The fraction of sp³-hybridized carbons (Fsp3) is 0.526. The van der Waals surface area contributed by atoms with Crippen molar-refractivity contribution in [3.05, 3.63) is 39.4 Å². The normalized spacial score (nSPS) is 28.7. The van der Waals surface area contributed by atoms with Crippen molar-refractivity contribution < 1.29 is 67.7 Å². The first-order valence-corrected chi connectivity index (χ1v) is 15.4. The highest BCUT2D eigenvalue weighted by Crippen LogP contribution is 2.39. The third-order valence-electron chi connectivity index (χ3n) is 6.34. The van der Waals surface area contributed by atoms with Crippen LogP contribution in [0.2, 0.25) is 0 Å². The Hall–Kier alpha value is -3.19. The van der Waals surface area contributed by atoms with E-state index in [-0.39, 0.29) is 22.9 Å². The molecule has 0 bridgehead atoms. The summed E-state index contributed by atoms with van der Waals surface area (Å²) < 4.78 is 42.5. The lowest BCUT2D eigenvalue weighted by molar-refractivity contribution is -0.0542. The molecule has 5 heterocycles. The number of ether oxygens (including phenoxy) is 2. The number of fused-ring (bicyclic) bond motifs is 1. The molecule has 13 N–H and O–H groups in total. The molecule has 2 aliphatic heterocycles. The van der Waals surface area contributed by atoms with E-state index in [0.717, 1.165) is 4.57 Å². The summed E-state index contributed by atoms with van der Waals surface area (Å²) >= 11 is 0. The van der Waals surface area contributed by atoms with Crippen LogP contribution in [-0.2, 0) is 27.7 Å². The van der Waals surface area contributed by atoms with Crippen molar-refractivity contribution >= 4 is 38.6 Å². The van der Waals surface area contributed by atoms with E-state index < -0.39 is 89.2 Å². The lowest BCUT2D eigenvalue weighted by Gasteiger charge is -2.16. The van der Waals surface area contributed by atoms with Gasteiger partial charge in [-0.05, 0) is 6.07 Å². The Labute approximate surface area is 248 Å². The molecule has 26 heteroatoms. The van der Waals surface area contributed by atoms with Gasteiger partial charge in [0.25, 0.3) is 5.56 Å². The van der Waals surface area contributed by atoms with Crippen LogP contribution in [0, 0.1) is 0 Å². The summed E-state index contributed by atoms with van der Waals surface area (Å²) in [4.78, 5) is 71.4. The van der Waals surface area contributed by atoms with Crippen LogP contribution in [0.15, 0.2) is 28.2 Å². The zero-order valence-corrected chi connectivity index (χ0v) is 24.2. The Morgan fingerprint density at radius 2 is 1.36 bits per heavy atom. The average molecular weight is 686 g/mol. The second-order valence-electron chi connectivity index (χ2n) is 9.48. The molecule has 2 aliphatic rings. The molecule has 2 fully saturated rings. The number of anilines is 2. The smallest absolute Gasteiger partial charge is 0.387 e. The van der Waals surface area contributed by atoms with Crippen molar-refractivity contribution in [2.75, 3.05) is 24.7 Å². The van der Waals surface area contributed by atoms with E-state index in [1.54, 1.807) is 0 Å². The van der Waals surface area contributed by atoms with Gasteiger partial charge < -0.3 is 60.9 Å². The molecule has 45 heavy (non-hydrogen) atoms. The van der Waals surface area contributed by atoms with Crippen LogP contribution in [0.4, 0.5) is 11.8 Å². The van der Waals surface area contributed by atoms with Crippen LogP contribution in [0.3, 0.4) is 0 Å². The van der Waals surface area contributed by atoms with E-state index in [9.17, 15) is 39.1 Å². The zero-order valence-electron chi connectivity index (χ0n) is 22.4. The van der Waals surface area contributed by atoms with Gasteiger partial charge in [0.1, 0.15) is 42.4 Å². The van der Waals surface area contributed by atoms with Gasteiger partial charge in [0.2, 0.25) is 5.95 Å². The minimum atomic E-state index is -4.76. The molecule has 0 aromatic carbocycles. The molecule has 250 valence electrons. The SMILES string of the molecule is Nc1ccn([C@@H]2O[C@H](COP(=O)(O)O)[C@@H](O)[C@H]2O)c(=O)n1.Nc1nc2c(ncn2[C@@H]2O[C@H](COP(=O)(O)O)[C@@H](O)[C@H]2O)c(=O)[nH]1. The number of phosphoric ester groups is 2. The van der Waals surface area contributed by atoms with Crippen LogP contribution in [-0.4, -0.2) is 119 Å². The van der Waals surface area contributed by atoms with Gasteiger partial charge in [-0.25, -0.2) is 18.9 Å². The minimum Gasteiger partial charge on any atom is -0.387 e. The number of aromatic nitrogens is 6. The van der Waals surface area contributed by atoms with Crippen LogP contribution < -0.4 is 22.7 Å². The van der Waals surface area contributed by atoms with Gasteiger partial charge in [0, 0.05) is 6.20 Å². The maximum atomic E-state index is 11.7. The maximum Gasteiger partial charge on any atom is 0.469 e. The van der Waals surface area contributed by atoms with Crippen molar-refractivity contribution in [2.24, 2.45) is 0 Å². The number of aliphatic hydroxyl groups is 4. The van der Waals surface area contributed by atoms with Crippen molar-refractivity contribution in [2.45, 2.75) is 49.1 Å². The Bertz CT molecular complexity index is 1720. The predicted molar refractivity (Wildman–Crippen MR) is 143 cm³/mol. The number of H-pyrrole nitrogens is 1. The third kappa shape index (κ3) is 8.16. The minimum absolute atomic E-state index is 0.0176. The van der Waals surface area contributed by atoms with Crippen molar-refractivity contribution in [3.8, 4) is 0 Å². The Morgan fingerprint density at radius 1 is 0.844 bits per heavy atom. The first-order valence-electron chi connectivity index (χ1n) is 12.4. The number of phosphoric acid groups is 2. The second kappa shape index (κ2) is 13.3. The number of nitrogens with two attached hydrogens (primary N) is 2. The summed E-state index contributed by atoms with van der Waals surface area (Å²) in [5, 5.41) is 39.7. The van der Waals surface area contributed by atoms with Crippen LogP contribution >= 0.6 is 15.6 Å². The number of imidazole rings is 1. The molecule has 0 aliphatic carbocycles. The van der Waals surface area contributed by atoms with E-state index in [1.807, 2.05) is 0 Å². The molecular weight excluding hydrogens is 658 g/mol. The Kier molecular flexibility index (Phi) is 10.2. The third-order valence-corrected chi connectivity index (χ3v) is 7.31. The highest BCUT2D eigenvalue weighted by Gasteiger charge is 2.46. The number of nitrogen functional groups attached to an aromatic ring is 2. The quantitative estimate of drug-likeness (QED) is 0.0988. The van der Waals surface area contributed by atoms with E-state index in [2.05, 4.69) is 29.0 Å².